The van der Waals surface area contributed by atoms with E-state index < -0.39 is 5.97 Å². The van der Waals surface area contributed by atoms with Gasteiger partial charge in [0.2, 0.25) is 0 Å². The number of hydrogen-bond acceptors (Lipinski definition) is 4. The Morgan fingerprint density at radius 2 is 1.87 bits per heavy atom. The van der Waals surface area contributed by atoms with Crippen molar-refractivity contribution in [3.05, 3.63) is 65.2 Å². The number of esters is 1. The lowest BCUT2D eigenvalue weighted by Crippen LogP contribution is -2.16. The van der Waals surface area contributed by atoms with Gasteiger partial charge in [0.1, 0.15) is 12.4 Å². The quantitative estimate of drug-likeness (QED) is 0.795. The number of benzene rings is 2. The molecule has 0 spiro atoms. The fourth-order valence-corrected chi connectivity index (χ4v) is 2.62. The lowest BCUT2D eigenvalue weighted by Gasteiger charge is -2.15. The molecule has 0 atom stereocenters. The predicted molar refractivity (Wildman–Crippen MR) is 85.4 cm³/mol. The fraction of sp³-hybridized carbons (Fsp3) is 0.263. The zero-order valence-corrected chi connectivity index (χ0v) is 12.8. The van der Waals surface area contributed by atoms with Gasteiger partial charge in [0.15, 0.2) is 12.4 Å². The molecule has 0 fully saturated rings. The number of rotatable bonds is 5. The molecule has 0 aromatic heterocycles. The van der Waals surface area contributed by atoms with Gasteiger partial charge in [0.05, 0.1) is 0 Å². The average Bonchev–Trinajstić information content (AvgIpc) is 2.59. The molecule has 3 rings (SSSR count). The lowest BCUT2D eigenvalue weighted by atomic mass is 9.90. The van der Waals surface area contributed by atoms with Gasteiger partial charge in [-0.05, 0) is 36.1 Å². The molecule has 0 radical (unpaired) electrons. The number of carbonyl (C=O) groups is 2. The number of aryl methyl sites for hydroxylation is 1. The average molecular weight is 310 g/mol. The first-order valence-corrected chi connectivity index (χ1v) is 7.71. The van der Waals surface area contributed by atoms with E-state index in [4.69, 9.17) is 9.47 Å². The highest BCUT2D eigenvalue weighted by Crippen LogP contribution is 2.25. The summed E-state index contributed by atoms with van der Waals surface area (Å²) in [5.41, 5.74) is 2.70. The molecule has 0 unspecified atom stereocenters. The second-order valence-corrected chi connectivity index (χ2v) is 5.53. The van der Waals surface area contributed by atoms with Crippen LogP contribution in [0.1, 0.15) is 34.3 Å². The number of fused-ring (bicyclic) bond motifs is 1. The number of Topliss-reactive ketones (excluding diaryl/α,β-unsaturated/α-hetero) is 1. The molecule has 4 heteroatoms. The van der Waals surface area contributed by atoms with Crippen LogP contribution in [0.3, 0.4) is 0 Å². The van der Waals surface area contributed by atoms with Crippen molar-refractivity contribution in [2.45, 2.75) is 25.9 Å². The van der Waals surface area contributed by atoms with Crippen LogP contribution in [-0.2, 0) is 22.6 Å². The molecule has 0 aliphatic heterocycles. The van der Waals surface area contributed by atoms with Crippen LogP contribution in [0.4, 0.5) is 0 Å². The third-order valence-corrected chi connectivity index (χ3v) is 3.83. The van der Waals surface area contributed by atoms with Crippen molar-refractivity contribution in [1.82, 2.24) is 0 Å². The van der Waals surface area contributed by atoms with Crippen LogP contribution in [0.25, 0.3) is 0 Å². The maximum absolute atomic E-state index is 11.9. The molecule has 4 nitrogen and oxygen atoms in total. The van der Waals surface area contributed by atoms with Gasteiger partial charge in [-0.1, -0.05) is 36.4 Å². The van der Waals surface area contributed by atoms with Gasteiger partial charge >= 0.3 is 5.97 Å². The van der Waals surface area contributed by atoms with Gasteiger partial charge in [0, 0.05) is 12.0 Å². The summed E-state index contributed by atoms with van der Waals surface area (Å²) >= 11 is 0. The van der Waals surface area contributed by atoms with Crippen molar-refractivity contribution < 1.29 is 19.1 Å². The summed E-state index contributed by atoms with van der Waals surface area (Å²) in [6.45, 7) is 0.0610. The van der Waals surface area contributed by atoms with Gasteiger partial charge in [-0.15, -0.1) is 0 Å². The van der Waals surface area contributed by atoms with Crippen molar-refractivity contribution in [3.8, 4) is 5.75 Å². The number of ether oxygens (including phenoxy) is 2. The molecule has 0 saturated carbocycles. The first kappa shape index (κ1) is 15.3. The maximum atomic E-state index is 11.9. The van der Waals surface area contributed by atoms with Gasteiger partial charge in [-0.3, -0.25) is 4.79 Å². The van der Waals surface area contributed by atoms with Gasteiger partial charge in [-0.2, -0.15) is 0 Å². The predicted octanol–water partition coefficient (Wildman–Crippen LogP) is 3.33. The van der Waals surface area contributed by atoms with Crippen molar-refractivity contribution in [3.63, 3.8) is 0 Å². The van der Waals surface area contributed by atoms with E-state index in [2.05, 4.69) is 0 Å². The summed E-state index contributed by atoms with van der Waals surface area (Å²) in [4.78, 5) is 23.6. The van der Waals surface area contributed by atoms with Gasteiger partial charge in [-0.25, -0.2) is 4.79 Å². The molecule has 23 heavy (non-hydrogen) atoms. The Balaban J connectivity index is 1.53. The van der Waals surface area contributed by atoms with E-state index in [1.807, 2.05) is 36.4 Å². The molecule has 0 bridgehead atoms. The van der Waals surface area contributed by atoms with E-state index in [1.165, 1.54) is 0 Å². The topological polar surface area (TPSA) is 52.6 Å². The summed E-state index contributed by atoms with van der Waals surface area (Å²) in [6, 6.07) is 14.9. The van der Waals surface area contributed by atoms with Crippen LogP contribution in [0.5, 0.6) is 5.75 Å². The molecule has 1 aliphatic carbocycles. The van der Waals surface area contributed by atoms with Gasteiger partial charge < -0.3 is 9.47 Å². The summed E-state index contributed by atoms with van der Waals surface area (Å²) in [5, 5.41) is 0. The molecule has 0 N–H and O–H groups in total. The molecule has 0 heterocycles. The zero-order valence-electron chi connectivity index (χ0n) is 12.8. The standard InChI is InChI=1S/C19H18O4/c20-18-8-4-7-15-9-10-16(11-17(15)18)22-13-19(21)23-12-14-5-2-1-3-6-14/h1-3,5-6,9-11H,4,7-8,12-13H2. The van der Waals surface area contributed by atoms with Crippen molar-refractivity contribution >= 4 is 11.8 Å². The Kier molecular flexibility index (Phi) is 4.71. The highest BCUT2D eigenvalue weighted by Gasteiger charge is 2.17. The minimum Gasteiger partial charge on any atom is -0.482 e. The Morgan fingerprint density at radius 3 is 2.70 bits per heavy atom. The monoisotopic (exact) mass is 310 g/mol. The molecular weight excluding hydrogens is 292 g/mol. The van der Waals surface area contributed by atoms with Crippen LogP contribution in [0.15, 0.2) is 48.5 Å². The summed E-state index contributed by atoms with van der Waals surface area (Å²) < 4.78 is 10.6. The molecule has 0 saturated heterocycles. The second kappa shape index (κ2) is 7.09. The van der Waals surface area contributed by atoms with E-state index in [-0.39, 0.29) is 19.0 Å². The minimum atomic E-state index is -0.432. The molecule has 118 valence electrons. The van der Waals surface area contributed by atoms with E-state index in [9.17, 15) is 9.59 Å². The number of hydrogen-bond donors (Lipinski definition) is 0. The van der Waals surface area contributed by atoms with Crippen molar-refractivity contribution in [2.24, 2.45) is 0 Å². The third-order valence-electron chi connectivity index (χ3n) is 3.83. The van der Waals surface area contributed by atoms with E-state index >= 15 is 0 Å². The number of carbonyl (C=O) groups excluding carboxylic acids is 2. The highest BCUT2D eigenvalue weighted by molar-refractivity contribution is 5.98. The molecule has 2 aromatic carbocycles. The fourth-order valence-electron chi connectivity index (χ4n) is 2.62. The SMILES string of the molecule is O=C(COc1ccc2c(c1)C(=O)CCC2)OCc1ccccc1. The van der Waals surface area contributed by atoms with Crippen LogP contribution in [0.2, 0.25) is 0 Å². The molecule has 1 aliphatic rings. The van der Waals surface area contributed by atoms with Crippen LogP contribution >= 0.6 is 0 Å². The van der Waals surface area contributed by atoms with Crippen LogP contribution < -0.4 is 4.74 Å². The Bertz CT molecular complexity index is 707. The molecule has 0 amide bonds. The van der Waals surface area contributed by atoms with E-state index in [0.29, 0.717) is 17.7 Å². The first-order valence-electron chi connectivity index (χ1n) is 7.71. The summed E-state index contributed by atoms with van der Waals surface area (Å²) in [7, 11) is 0. The largest absolute Gasteiger partial charge is 0.482 e. The second-order valence-electron chi connectivity index (χ2n) is 5.53. The Morgan fingerprint density at radius 1 is 1.04 bits per heavy atom. The van der Waals surface area contributed by atoms with E-state index in [1.54, 1.807) is 12.1 Å². The highest BCUT2D eigenvalue weighted by atomic mass is 16.6. The van der Waals surface area contributed by atoms with Crippen molar-refractivity contribution in [1.29, 1.82) is 0 Å². The summed E-state index contributed by atoms with van der Waals surface area (Å²) in [5.74, 6) is 0.233. The molecular formula is C19H18O4. The normalized spacial score (nSPS) is 13.3. The minimum absolute atomic E-state index is 0.142. The van der Waals surface area contributed by atoms with Crippen LogP contribution in [0, 0.1) is 0 Å². The number of ketones is 1. The summed E-state index contributed by atoms with van der Waals surface area (Å²) in [6.07, 6.45) is 2.40. The van der Waals surface area contributed by atoms with Crippen LogP contribution in [-0.4, -0.2) is 18.4 Å². The maximum Gasteiger partial charge on any atom is 0.344 e. The Labute approximate surface area is 135 Å². The lowest BCUT2D eigenvalue weighted by molar-refractivity contribution is -0.147. The third kappa shape index (κ3) is 3.97. The zero-order chi connectivity index (χ0) is 16.1. The first-order chi connectivity index (χ1) is 11.2. The van der Waals surface area contributed by atoms with Gasteiger partial charge in [0.25, 0.3) is 0 Å². The molecule has 2 aromatic rings. The van der Waals surface area contributed by atoms with Crippen molar-refractivity contribution in [2.75, 3.05) is 6.61 Å². The smallest absolute Gasteiger partial charge is 0.344 e. The Hall–Kier alpha value is -2.62. The van der Waals surface area contributed by atoms with E-state index in [0.717, 1.165) is 24.0 Å².